The minimum atomic E-state index is -0.283. The van der Waals surface area contributed by atoms with Crippen LogP contribution in [0.4, 0.5) is 10.1 Å². The summed E-state index contributed by atoms with van der Waals surface area (Å²) >= 11 is 0. The lowest BCUT2D eigenvalue weighted by molar-refractivity contribution is -0.116. The van der Waals surface area contributed by atoms with Crippen molar-refractivity contribution in [2.45, 2.75) is 19.8 Å². The van der Waals surface area contributed by atoms with Crippen LogP contribution in [0.5, 0.6) is 0 Å². The molecular formula is C29H23FN6O. The van der Waals surface area contributed by atoms with Crippen LogP contribution in [0, 0.1) is 5.82 Å². The zero-order chi connectivity index (χ0) is 25.4. The van der Waals surface area contributed by atoms with Crippen LogP contribution in [0.3, 0.4) is 0 Å². The predicted molar refractivity (Wildman–Crippen MR) is 143 cm³/mol. The van der Waals surface area contributed by atoms with E-state index in [1.807, 2.05) is 49.4 Å². The largest absolute Gasteiger partial charge is 0.338 e. The summed E-state index contributed by atoms with van der Waals surface area (Å²) in [6.07, 6.45) is 6.33. The average Bonchev–Trinajstić information content (AvgIpc) is 3.53. The quantitative estimate of drug-likeness (QED) is 0.241. The van der Waals surface area contributed by atoms with Crippen LogP contribution < -0.4 is 5.32 Å². The lowest BCUT2D eigenvalue weighted by Gasteiger charge is -2.07. The number of anilines is 1. The van der Waals surface area contributed by atoms with Crippen molar-refractivity contribution in [3.63, 3.8) is 0 Å². The Morgan fingerprint density at radius 3 is 2.73 bits per heavy atom. The minimum Gasteiger partial charge on any atom is -0.338 e. The Morgan fingerprint density at radius 1 is 0.973 bits per heavy atom. The van der Waals surface area contributed by atoms with Gasteiger partial charge in [0.25, 0.3) is 0 Å². The summed E-state index contributed by atoms with van der Waals surface area (Å²) in [5.74, 6) is -0.314. The summed E-state index contributed by atoms with van der Waals surface area (Å²) in [4.78, 5) is 24.1. The molecule has 182 valence electrons. The molecular weight excluding hydrogens is 467 g/mol. The highest BCUT2D eigenvalue weighted by molar-refractivity contribution is 6.01. The van der Waals surface area contributed by atoms with Crippen LogP contribution in [-0.2, 0) is 4.79 Å². The molecule has 0 bridgehead atoms. The Morgan fingerprint density at radius 2 is 1.86 bits per heavy atom. The molecule has 0 saturated heterocycles. The lowest BCUT2D eigenvalue weighted by Crippen LogP contribution is -2.10. The molecule has 1 amide bonds. The molecule has 0 aliphatic carbocycles. The zero-order valence-corrected chi connectivity index (χ0v) is 20.0. The molecule has 0 fully saturated rings. The summed E-state index contributed by atoms with van der Waals surface area (Å²) in [5.41, 5.74) is 6.79. The molecule has 7 nitrogen and oxygen atoms in total. The number of benzene rings is 2. The SMILES string of the molecule is CCCC(=O)Nc1cncc(-c2ccc3[nH]nc(-c4cc5c(-c6ccccc6F)ccnc5[nH]4)c3c2)c1. The summed E-state index contributed by atoms with van der Waals surface area (Å²) in [7, 11) is 0. The van der Waals surface area contributed by atoms with Crippen LogP contribution >= 0.6 is 0 Å². The maximum Gasteiger partial charge on any atom is 0.224 e. The van der Waals surface area contributed by atoms with Gasteiger partial charge in [0.05, 0.1) is 23.1 Å². The van der Waals surface area contributed by atoms with Crippen molar-refractivity contribution in [3.8, 4) is 33.6 Å². The van der Waals surface area contributed by atoms with E-state index in [0.29, 0.717) is 23.3 Å². The molecule has 0 spiro atoms. The molecule has 8 heteroatoms. The average molecular weight is 491 g/mol. The molecule has 0 aliphatic rings. The van der Waals surface area contributed by atoms with Crippen molar-refractivity contribution < 1.29 is 9.18 Å². The molecule has 37 heavy (non-hydrogen) atoms. The van der Waals surface area contributed by atoms with Crippen LogP contribution in [0.25, 0.3) is 55.6 Å². The van der Waals surface area contributed by atoms with Crippen LogP contribution in [0.1, 0.15) is 19.8 Å². The van der Waals surface area contributed by atoms with Crippen molar-refractivity contribution in [1.82, 2.24) is 25.1 Å². The second kappa shape index (κ2) is 9.31. The predicted octanol–water partition coefficient (Wildman–Crippen LogP) is 6.71. The number of pyridine rings is 2. The van der Waals surface area contributed by atoms with E-state index in [0.717, 1.165) is 50.8 Å². The third-order valence-electron chi connectivity index (χ3n) is 6.35. The summed E-state index contributed by atoms with van der Waals surface area (Å²) in [6, 6.07) is 18.4. The maximum atomic E-state index is 14.6. The number of hydrogen-bond donors (Lipinski definition) is 3. The van der Waals surface area contributed by atoms with Crippen molar-refractivity contribution >= 4 is 33.5 Å². The van der Waals surface area contributed by atoms with Gasteiger partial charge in [-0.3, -0.25) is 14.9 Å². The lowest BCUT2D eigenvalue weighted by atomic mass is 10.0. The summed E-state index contributed by atoms with van der Waals surface area (Å²) in [6.45, 7) is 1.97. The second-order valence-corrected chi connectivity index (χ2v) is 8.88. The maximum absolute atomic E-state index is 14.6. The van der Waals surface area contributed by atoms with E-state index in [1.165, 1.54) is 6.07 Å². The van der Waals surface area contributed by atoms with E-state index in [9.17, 15) is 9.18 Å². The van der Waals surface area contributed by atoms with Crippen LogP contribution in [0.15, 0.2) is 79.3 Å². The number of halogens is 1. The van der Waals surface area contributed by atoms with E-state index in [2.05, 4.69) is 30.5 Å². The Balaban J connectivity index is 1.41. The fraction of sp³-hybridized carbons (Fsp3) is 0.103. The van der Waals surface area contributed by atoms with E-state index in [-0.39, 0.29) is 11.7 Å². The molecule has 6 aromatic rings. The van der Waals surface area contributed by atoms with Crippen LogP contribution in [0.2, 0.25) is 0 Å². The fourth-order valence-corrected chi connectivity index (χ4v) is 4.58. The van der Waals surface area contributed by atoms with Crippen molar-refractivity contribution in [2.24, 2.45) is 0 Å². The summed E-state index contributed by atoms with van der Waals surface area (Å²) < 4.78 is 14.6. The molecule has 3 N–H and O–H groups in total. The topological polar surface area (TPSA) is 99.3 Å². The Hall–Kier alpha value is -4.85. The third-order valence-corrected chi connectivity index (χ3v) is 6.35. The van der Waals surface area contributed by atoms with Crippen molar-refractivity contribution in [3.05, 3.63) is 85.1 Å². The van der Waals surface area contributed by atoms with Gasteiger partial charge < -0.3 is 10.3 Å². The number of H-pyrrole nitrogens is 2. The number of nitrogens with zero attached hydrogens (tertiary/aromatic N) is 3. The summed E-state index contributed by atoms with van der Waals surface area (Å²) in [5, 5.41) is 12.3. The Bertz CT molecular complexity index is 1770. The molecule has 4 heterocycles. The second-order valence-electron chi connectivity index (χ2n) is 8.88. The molecule has 6 rings (SSSR count). The zero-order valence-electron chi connectivity index (χ0n) is 20.0. The number of amides is 1. The molecule has 0 atom stereocenters. The number of carbonyl (C=O) groups is 1. The van der Waals surface area contributed by atoms with E-state index >= 15 is 0 Å². The highest BCUT2D eigenvalue weighted by Gasteiger charge is 2.16. The number of rotatable bonds is 6. The first-order valence-electron chi connectivity index (χ1n) is 12.1. The van der Waals surface area contributed by atoms with Gasteiger partial charge >= 0.3 is 0 Å². The minimum absolute atomic E-state index is 0.0313. The van der Waals surface area contributed by atoms with E-state index in [4.69, 9.17) is 0 Å². The van der Waals surface area contributed by atoms with Gasteiger partial charge in [-0.25, -0.2) is 9.37 Å². The number of nitrogens with one attached hydrogen (secondary N) is 3. The molecule has 4 aromatic heterocycles. The highest BCUT2D eigenvalue weighted by Crippen LogP contribution is 2.35. The number of aromatic amines is 2. The van der Waals surface area contributed by atoms with Gasteiger partial charge in [0, 0.05) is 40.7 Å². The number of hydrogen-bond acceptors (Lipinski definition) is 4. The monoisotopic (exact) mass is 490 g/mol. The van der Waals surface area contributed by atoms with Crippen LogP contribution in [-0.4, -0.2) is 31.1 Å². The highest BCUT2D eigenvalue weighted by atomic mass is 19.1. The van der Waals surface area contributed by atoms with E-state index in [1.54, 1.807) is 30.7 Å². The van der Waals surface area contributed by atoms with Gasteiger partial charge in [0.1, 0.15) is 17.2 Å². The molecule has 0 radical (unpaired) electrons. The Labute approximate surface area is 211 Å². The molecule has 0 unspecified atom stereocenters. The van der Waals surface area contributed by atoms with Gasteiger partial charge in [-0.15, -0.1) is 0 Å². The molecule has 0 aliphatic heterocycles. The van der Waals surface area contributed by atoms with Gasteiger partial charge in [-0.05, 0) is 53.9 Å². The third kappa shape index (κ3) is 4.23. The normalized spacial score (nSPS) is 11.3. The first-order valence-corrected chi connectivity index (χ1v) is 12.1. The van der Waals surface area contributed by atoms with E-state index < -0.39 is 0 Å². The van der Waals surface area contributed by atoms with Gasteiger partial charge in [-0.1, -0.05) is 31.2 Å². The molecule has 2 aromatic carbocycles. The first kappa shape index (κ1) is 22.6. The number of carbonyl (C=O) groups excluding carboxylic acids is 1. The first-order chi connectivity index (χ1) is 18.1. The Kier molecular flexibility index (Phi) is 5.69. The molecule has 0 saturated carbocycles. The van der Waals surface area contributed by atoms with Crippen molar-refractivity contribution in [1.29, 1.82) is 0 Å². The van der Waals surface area contributed by atoms with Gasteiger partial charge in [0.2, 0.25) is 5.91 Å². The van der Waals surface area contributed by atoms with Gasteiger partial charge in [0.15, 0.2) is 0 Å². The fourth-order valence-electron chi connectivity index (χ4n) is 4.58. The standard InChI is InChI=1S/C29H23FN6O/c1-2-5-27(37)33-19-12-18(15-31-16-19)17-8-9-25-23(13-17)28(36-35-25)26-14-22-20(10-11-32-29(22)34-26)21-6-3-4-7-24(21)30/h3-4,6-16H,2,5H2,1H3,(H,32,34)(H,33,37)(H,35,36). The van der Waals surface area contributed by atoms with Gasteiger partial charge in [-0.2, -0.15) is 5.10 Å². The smallest absolute Gasteiger partial charge is 0.224 e. The van der Waals surface area contributed by atoms with Crippen molar-refractivity contribution in [2.75, 3.05) is 5.32 Å². The number of aromatic nitrogens is 5. The number of fused-ring (bicyclic) bond motifs is 2.